The zero-order valence-electron chi connectivity index (χ0n) is 8.17. The van der Waals surface area contributed by atoms with E-state index in [1.165, 1.54) is 25.0 Å². The van der Waals surface area contributed by atoms with E-state index in [-0.39, 0.29) is 0 Å². The van der Waals surface area contributed by atoms with Crippen molar-refractivity contribution in [2.45, 2.75) is 39.0 Å². The minimum absolute atomic E-state index is 0.643. The normalized spacial score (nSPS) is 17.1. The lowest BCUT2D eigenvalue weighted by molar-refractivity contribution is 0.408. The van der Waals surface area contributed by atoms with E-state index in [1.54, 1.807) is 0 Å². The summed E-state index contributed by atoms with van der Waals surface area (Å²) in [6.07, 6.45) is 3.85. The molecule has 0 bridgehead atoms. The molecule has 1 aromatic heterocycles. The molecule has 1 saturated carbocycles. The van der Waals surface area contributed by atoms with Gasteiger partial charge in [-0.1, -0.05) is 6.42 Å². The summed E-state index contributed by atoms with van der Waals surface area (Å²) < 4.78 is 0. The Morgan fingerprint density at radius 2 is 1.92 bits per heavy atom. The van der Waals surface area contributed by atoms with Crippen LogP contribution in [0.3, 0.4) is 0 Å². The molecule has 0 radical (unpaired) electrons. The quantitative estimate of drug-likeness (QED) is 0.713. The van der Waals surface area contributed by atoms with Gasteiger partial charge in [-0.2, -0.15) is 0 Å². The second kappa shape index (κ2) is 2.98. The average molecular weight is 177 g/mol. The number of nitrogen functional groups attached to an aromatic ring is 1. The molecule has 13 heavy (non-hydrogen) atoms. The van der Waals surface area contributed by atoms with E-state index in [1.807, 2.05) is 13.8 Å². The number of nitrogens with zero attached hydrogens (tertiary/aromatic N) is 2. The van der Waals surface area contributed by atoms with Crippen LogP contribution in [0.4, 0.5) is 5.82 Å². The molecule has 1 aliphatic rings. The summed E-state index contributed by atoms with van der Waals surface area (Å²) in [5.41, 5.74) is 8.04. The number of hydrogen-bond donors (Lipinski definition) is 1. The summed E-state index contributed by atoms with van der Waals surface area (Å²) in [6, 6.07) is 0. The maximum absolute atomic E-state index is 5.79. The lowest BCUT2D eigenvalue weighted by Crippen LogP contribution is -2.15. The zero-order chi connectivity index (χ0) is 9.42. The smallest absolute Gasteiger partial charge is 0.130 e. The van der Waals surface area contributed by atoms with E-state index in [4.69, 9.17) is 5.73 Å². The molecule has 0 atom stereocenters. The number of anilines is 1. The lowest BCUT2D eigenvalue weighted by Gasteiger charge is -2.26. The minimum Gasteiger partial charge on any atom is -0.383 e. The van der Waals surface area contributed by atoms with Gasteiger partial charge in [0.1, 0.15) is 11.6 Å². The highest BCUT2D eigenvalue weighted by atomic mass is 14.9. The highest BCUT2D eigenvalue weighted by molar-refractivity contribution is 5.42. The summed E-state index contributed by atoms with van der Waals surface area (Å²) in [7, 11) is 0. The van der Waals surface area contributed by atoms with E-state index >= 15 is 0 Å². The molecule has 2 N–H and O–H groups in total. The third-order valence-electron chi connectivity index (χ3n) is 2.82. The van der Waals surface area contributed by atoms with Crippen LogP contribution in [0.1, 0.15) is 42.3 Å². The number of aryl methyl sites for hydroxylation is 1. The summed E-state index contributed by atoms with van der Waals surface area (Å²) in [4.78, 5) is 8.61. The molecule has 0 aliphatic heterocycles. The van der Waals surface area contributed by atoms with E-state index in [9.17, 15) is 0 Å². The van der Waals surface area contributed by atoms with E-state index in [0.29, 0.717) is 11.7 Å². The first-order valence-corrected chi connectivity index (χ1v) is 4.79. The molecule has 3 nitrogen and oxygen atoms in total. The van der Waals surface area contributed by atoms with Crippen molar-refractivity contribution in [2.75, 3.05) is 5.73 Å². The Balaban J connectivity index is 2.42. The Morgan fingerprint density at radius 3 is 2.46 bits per heavy atom. The van der Waals surface area contributed by atoms with Crippen molar-refractivity contribution in [3.05, 3.63) is 17.1 Å². The maximum Gasteiger partial charge on any atom is 0.130 e. The first kappa shape index (κ1) is 8.48. The molecule has 0 aromatic carbocycles. The average Bonchev–Trinajstić information content (AvgIpc) is 1.95. The van der Waals surface area contributed by atoms with Crippen molar-refractivity contribution in [1.82, 2.24) is 9.97 Å². The third kappa shape index (κ3) is 1.39. The van der Waals surface area contributed by atoms with Crippen molar-refractivity contribution in [3.63, 3.8) is 0 Å². The molecular formula is C10H15N3. The molecule has 3 heteroatoms. The fraction of sp³-hybridized carbons (Fsp3) is 0.600. The topological polar surface area (TPSA) is 51.8 Å². The van der Waals surface area contributed by atoms with Gasteiger partial charge in [0.2, 0.25) is 0 Å². The van der Waals surface area contributed by atoms with Crippen LogP contribution in [0, 0.1) is 13.8 Å². The van der Waals surface area contributed by atoms with Crippen molar-refractivity contribution in [3.8, 4) is 0 Å². The predicted octanol–water partition coefficient (Wildman–Crippen LogP) is 1.94. The minimum atomic E-state index is 0.643. The molecule has 0 unspecified atom stereocenters. The van der Waals surface area contributed by atoms with Gasteiger partial charge in [0.05, 0.1) is 5.69 Å². The highest BCUT2D eigenvalue weighted by Gasteiger charge is 2.23. The van der Waals surface area contributed by atoms with Crippen LogP contribution in [-0.4, -0.2) is 9.97 Å². The predicted molar refractivity (Wildman–Crippen MR) is 52.5 cm³/mol. The van der Waals surface area contributed by atoms with Gasteiger partial charge in [0.15, 0.2) is 0 Å². The van der Waals surface area contributed by atoms with Crippen LogP contribution in [0.15, 0.2) is 0 Å². The van der Waals surface area contributed by atoms with Crippen molar-refractivity contribution >= 4 is 5.82 Å². The summed E-state index contributed by atoms with van der Waals surface area (Å²) in [6.45, 7) is 3.92. The van der Waals surface area contributed by atoms with Crippen LogP contribution in [0.5, 0.6) is 0 Å². The molecule has 1 aromatic rings. The standard InChI is InChI=1S/C10H15N3/c1-6-9(8-4-3-5-8)12-7(2)13-10(6)11/h8H,3-5H2,1-2H3,(H2,11,12,13). The third-order valence-corrected chi connectivity index (χ3v) is 2.82. The Kier molecular flexibility index (Phi) is 1.94. The van der Waals surface area contributed by atoms with E-state index < -0.39 is 0 Å². The van der Waals surface area contributed by atoms with Crippen molar-refractivity contribution in [2.24, 2.45) is 0 Å². The number of rotatable bonds is 1. The monoisotopic (exact) mass is 177 g/mol. The van der Waals surface area contributed by atoms with Gasteiger partial charge >= 0.3 is 0 Å². The zero-order valence-corrected chi connectivity index (χ0v) is 8.17. The maximum atomic E-state index is 5.79. The fourth-order valence-corrected chi connectivity index (χ4v) is 1.75. The largest absolute Gasteiger partial charge is 0.383 e. The second-order valence-corrected chi connectivity index (χ2v) is 3.79. The molecule has 70 valence electrons. The first-order valence-electron chi connectivity index (χ1n) is 4.79. The Morgan fingerprint density at radius 1 is 1.23 bits per heavy atom. The number of hydrogen-bond acceptors (Lipinski definition) is 3. The van der Waals surface area contributed by atoms with Crippen LogP contribution in [-0.2, 0) is 0 Å². The van der Waals surface area contributed by atoms with Crippen LogP contribution >= 0.6 is 0 Å². The van der Waals surface area contributed by atoms with Gasteiger partial charge in [-0.25, -0.2) is 9.97 Å². The molecule has 1 aliphatic carbocycles. The van der Waals surface area contributed by atoms with Crippen LogP contribution in [0.2, 0.25) is 0 Å². The summed E-state index contributed by atoms with van der Waals surface area (Å²) in [5.74, 6) is 2.09. The molecular weight excluding hydrogens is 162 g/mol. The Labute approximate surface area is 78.4 Å². The van der Waals surface area contributed by atoms with Crippen LogP contribution in [0.25, 0.3) is 0 Å². The number of aromatic nitrogens is 2. The van der Waals surface area contributed by atoms with Gasteiger partial charge in [-0.3, -0.25) is 0 Å². The Bertz CT molecular complexity index is 329. The number of nitrogens with two attached hydrogens (primary N) is 1. The van der Waals surface area contributed by atoms with Gasteiger partial charge in [-0.05, 0) is 26.7 Å². The van der Waals surface area contributed by atoms with Gasteiger partial charge < -0.3 is 5.73 Å². The van der Waals surface area contributed by atoms with Crippen molar-refractivity contribution < 1.29 is 0 Å². The summed E-state index contributed by atoms with van der Waals surface area (Å²) >= 11 is 0. The summed E-state index contributed by atoms with van der Waals surface area (Å²) in [5, 5.41) is 0. The molecule has 0 spiro atoms. The SMILES string of the molecule is Cc1nc(N)c(C)c(C2CCC2)n1. The molecule has 1 heterocycles. The molecule has 0 saturated heterocycles. The van der Waals surface area contributed by atoms with Gasteiger partial charge in [0.25, 0.3) is 0 Å². The Hall–Kier alpha value is -1.12. The van der Waals surface area contributed by atoms with Crippen LogP contribution < -0.4 is 5.73 Å². The molecule has 1 fully saturated rings. The van der Waals surface area contributed by atoms with E-state index in [2.05, 4.69) is 9.97 Å². The van der Waals surface area contributed by atoms with E-state index in [0.717, 1.165) is 11.4 Å². The van der Waals surface area contributed by atoms with Crippen molar-refractivity contribution in [1.29, 1.82) is 0 Å². The second-order valence-electron chi connectivity index (χ2n) is 3.79. The van der Waals surface area contributed by atoms with Gasteiger partial charge in [-0.15, -0.1) is 0 Å². The lowest BCUT2D eigenvalue weighted by atomic mass is 9.81. The molecule has 2 rings (SSSR count). The fourth-order valence-electron chi connectivity index (χ4n) is 1.75. The molecule has 0 amide bonds. The van der Waals surface area contributed by atoms with Gasteiger partial charge in [0, 0.05) is 11.5 Å². The first-order chi connectivity index (χ1) is 6.18. The highest BCUT2D eigenvalue weighted by Crippen LogP contribution is 2.37.